The Balaban J connectivity index is 1.60. The maximum absolute atomic E-state index is 13.0. The minimum Gasteiger partial charge on any atom is -0.493 e. The van der Waals surface area contributed by atoms with Gasteiger partial charge in [0.1, 0.15) is 5.75 Å². The van der Waals surface area contributed by atoms with Gasteiger partial charge in [0.2, 0.25) is 5.91 Å². The summed E-state index contributed by atoms with van der Waals surface area (Å²) >= 11 is 0. The molecule has 0 aromatic heterocycles. The summed E-state index contributed by atoms with van der Waals surface area (Å²) in [5.41, 5.74) is 2.44. The molecule has 2 atom stereocenters. The highest BCUT2D eigenvalue weighted by Crippen LogP contribution is 2.38. The highest BCUT2D eigenvalue weighted by molar-refractivity contribution is 6.04. The molecule has 4 rings (SSSR count). The third-order valence-corrected chi connectivity index (χ3v) is 5.63. The Morgan fingerprint density at radius 2 is 1.90 bits per heavy atom. The number of benzene rings is 2. The molecule has 8 heteroatoms. The molecule has 0 unspecified atom stereocenters. The van der Waals surface area contributed by atoms with Gasteiger partial charge in [-0.05, 0) is 47.7 Å². The molecule has 0 saturated carbocycles. The predicted octanol–water partition coefficient (Wildman–Crippen LogP) is 3.72. The van der Waals surface area contributed by atoms with Crippen LogP contribution in [-0.4, -0.2) is 34.9 Å². The van der Waals surface area contributed by atoms with Crippen molar-refractivity contribution in [2.24, 2.45) is 0 Å². The van der Waals surface area contributed by atoms with E-state index in [1.165, 1.54) is 12.1 Å². The number of halogens is 3. The summed E-state index contributed by atoms with van der Waals surface area (Å²) in [5, 5.41) is 22.7. The summed E-state index contributed by atoms with van der Waals surface area (Å²) in [6.45, 7) is 0.264. The number of carbonyl (C=O) groups is 1. The second-order valence-electron chi connectivity index (χ2n) is 7.81. The van der Waals surface area contributed by atoms with Crippen LogP contribution in [0.3, 0.4) is 0 Å². The summed E-state index contributed by atoms with van der Waals surface area (Å²) < 4.78 is 44.6. The van der Waals surface area contributed by atoms with E-state index in [-0.39, 0.29) is 18.8 Å². The van der Waals surface area contributed by atoms with E-state index in [1.54, 1.807) is 12.1 Å². The van der Waals surface area contributed by atoms with Gasteiger partial charge in [0.15, 0.2) is 0 Å². The molecule has 2 aromatic carbocycles. The van der Waals surface area contributed by atoms with Crippen LogP contribution < -0.4 is 10.1 Å². The van der Waals surface area contributed by atoms with Gasteiger partial charge in [-0.2, -0.15) is 13.2 Å². The van der Waals surface area contributed by atoms with Crippen molar-refractivity contribution in [3.8, 4) is 5.75 Å². The van der Waals surface area contributed by atoms with Crippen LogP contribution in [0.15, 0.2) is 42.5 Å². The molecular weight excluding hydrogens is 411 g/mol. The van der Waals surface area contributed by atoms with Gasteiger partial charge in [-0.25, -0.2) is 0 Å². The first-order valence-corrected chi connectivity index (χ1v) is 10.1. The zero-order valence-electron chi connectivity index (χ0n) is 16.6. The van der Waals surface area contributed by atoms with E-state index in [1.807, 2.05) is 6.07 Å². The lowest BCUT2D eigenvalue weighted by atomic mass is 9.86. The van der Waals surface area contributed by atoms with Gasteiger partial charge in [0, 0.05) is 30.2 Å². The number of alkyl halides is 3. The van der Waals surface area contributed by atoms with Crippen LogP contribution in [0.1, 0.15) is 35.1 Å². The first-order chi connectivity index (χ1) is 14.7. The Labute approximate surface area is 177 Å². The predicted molar refractivity (Wildman–Crippen MR) is 109 cm³/mol. The number of aliphatic hydroxyl groups excluding tert-OH is 2. The van der Waals surface area contributed by atoms with Crippen LogP contribution in [0.4, 0.5) is 18.9 Å². The number of hydrogen-bond donors (Lipinski definition) is 3. The standard InChI is InChI=1S/C23H22F3NO4/c24-23(25,26)15-6-7-16-14(4-2-8-31-21(16)11-15)10-22(30)27-18-5-1-3-13-9-19(28)20(29)12-17(13)18/h1,3,5-7,10-11,19-20,28-29H,2,4,8-9,12H2,(H,27,30)/t19-,20-/m1/s1. The number of anilines is 1. The molecule has 31 heavy (non-hydrogen) atoms. The molecule has 0 bridgehead atoms. The number of ether oxygens (including phenoxy) is 1. The zero-order valence-corrected chi connectivity index (χ0v) is 16.6. The number of rotatable bonds is 2. The second kappa shape index (κ2) is 8.36. The van der Waals surface area contributed by atoms with Crippen molar-refractivity contribution in [3.63, 3.8) is 0 Å². The Bertz CT molecular complexity index is 1030. The number of hydrogen-bond acceptors (Lipinski definition) is 4. The Kier molecular flexibility index (Phi) is 5.77. The monoisotopic (exact) mass is 433 g/mol. The van der Waals surface area contributed by atoms with Gasteiger partial charge in [-0.15, -0.1) is 0 Å². The summed E-state index contributed by atoms with van der Waals surface area (Å²) in [6.07, 6.45) is -3.26. The number of carbonyl (C=O) groups excluding carboxylic acids is 1. The molecule has 0 saturated heterocycles. The van der Waals surface area contributed by atoms with Crippen molar-refractivity contribution in [2.75, 3.05) is 11.9 Å². The Hall–Kier alpha value is -2.84. The number of fused-ring (bicyclic) bond motifs is 2. The fraction of sp³-hybridized carbons (Fsp3) is 0.348. The van der Waals surface area contributed by atoms with Crippen LogP contribution in [0.5, 0.6) is 5.75 Å². The van der Waals surface area contributed by atoms with Gasteiger partial charge in [0.25, 0.3) is 0 Å². The maximum atomic E-state index is 13.0. The SMILES string of the molecule is O=C(C=C1CCCOc2cc(C(F)(F)F)ccc21)Nc1cccc2c1C[C@@H](O)[C@H](O)C2. The van der Waals surface area contributed by atoms with Crippen molar-refractivity contribution in [1.82, 2.24) is 0 Å². The largest absolute Gasteiger partial charge is 0.493 e. The van der Waals surface area contributed by atoms with Crippen LogP contribution in [-0.2, 0) is 23.8 Å². The minimum atomic E-state index is -4.48. The summed E-state index contributed by atoms with van der Waals surface area (Å²) in [5.74, 6) is -0.308. The fourth-order valence-electron chi connectivity index (χ4n) is 4.03. The van der Waals surface area contributed by atoms with E-state index >= 15 is 0 Å². The van der Waals surface area contributed by atoms with E-state index in [2.05, 4.69) is 5.32 Å². The lowest BCUT2D eigenvalue weighted by Gasteiger charge is -2.27. The van der Waals surface area contributed by atoms with Gasteiger partial charge in [-0.3, -0.25) is 4.79 Å². The number of aliphatic hydroxyl groups is 2. The lowest BCUT2D eigenvalue weighted by Crippen LogP contribution is -2.35. The summed E-state index contributed by atoms with van der Waals surface area (Å²) in [6, 6.07) is 8.62. The summed E-state index contributed by atoms with van der Waals surface area (Å²) in [7, 11) is 0. The van der Waals surface area contributed by atoms with Gasteiger partial charge >= 0.3 is 6.18 Å². The average molecular weight is 433 g/mol. The van der Waals surface area contributed by atoms with Crippen LogP contribution in [0, 0.1) is 0 Å². The smallest absolute Gasteiger partial charge is 0.416 e. The van der Waals surface area contributed by atoms with Crippen LogP contribution in [0.2, 0.25) is 0 Å². The first kappa shape index (κ1) is 21.4. The van der Waals surface area contributed by atoms with Crippen molar-refractivity contribution in [2.45, 2.75) is 44.1 Å². The minimum absolute atomic E-state index is 0.112. The molecule has 2 aromatic rings. The topological polar surface area (TPSA) is 78.8 Å². The third kappa shape index (κ3) is 4.60. The highest BCUT2D eigenvalue weighted by Gasteiger charge is 2.32. The van der Waals surface area contributed by atoms with Crippen LogP contribution in [0.25, 0.3) is 5.57 Å². The highest BCUT2D eigenvalue weighted by atomic mass is 19.4. The molecule has 0 spiro atoms. The van der Waals surface area contributed by atoms with E-state index in [0.717, 1.165) is 23.3 Å². The van der Waals surface area contributed by atoms with Crippen molar-refractivity contribution >= 4 is 17.2 Å². The Morgan fingerprint density at radius 1 is 1.13 bits per heavy atom. The molecule has 1 aliphatic heterocycles. The van der Waals surface area contributed by atoms with Gasteiger partial charge in [-0.1, -0.05) is 18.2 Å². The quantitative estimate of drug-likeness (QED) is 0.631. The van der Waals surface area contributed by atoms with Gasteiger partial charge in [0.05, 0.1) is 24.4 Å². The van der Waals surface area contributed by atoms with E-state index in [9.17, 15) is 28.2 Å². The number of nitrogens with one attached hydrogen (secondary N) is 1. The third-order valence-electron chi connectivity index (χ3n) is 5.63. The molecule has 1 heterocycles. The Morgan fingerprint density at radius 3 is 2.68 bits per heavy atom. The number of amides is 1. The summed E-state index contributed by atoms with van der Waals surface area (Å²) in [4.78, 5) is 12.7. The first-order valence-electron chi connectivity index (χ1n) is 10.1. The fourth-order valence-corrected chi connectivity index (χ4v) is 4.03. The normalized spacial score (nSPS) is 22.2. The van der Waals surface area contributed by atoms with E-state index in [0.29, 0.717) is 36.1 Å². The molecule has 5 nitrogen and oxygen atoms in total. The van der Waals surface area contributed by atoms with Crippen molar-refractivity contribution in [3.05, 3.63) is 64.7 Å². The van der Waals surface area contributed by atoms with Crippen molar-refractivity contribution in [1.29, 1.82) is 0 Å². The molecular formula is C23H22F3NO4. The number of allylic oxidation sites excluding steroid dienone is 1. The zero-order chi connectivity index (χ0) is 22.2. The molecule has 1 aliphatic carbocycles. The van der Waals surface area contributed by atoms with E-state index < -0.39 is 29.9 Å². The molecule has 0 fully saturated rings. The van der Waals surface area contributed by atoms with Crippen molar-refractivity contribution < 1.29 is 32.9 Å². The van der Waals surface area contributed by atoms with E-state index in [4.69, 9.17) is 4.74 Å². The lowest BCUT2D eigenvalue weighted by molar-refractivity contribution is -0.137. The second-order valence-corrected chi connectivity index (χ2v) is 7.81. The molecule has 0 radical (unpaired) electrons. The molecule has 2 aliphatic rings. The molecule has 1 amide bonds. The maximum Gasteiger partial charge on any atom is 0.416 e. The van der Waals surface area contributed by atoms with Gasteiger partial charge < -0.3 is 20.3 Å². The molecule has 164 valence electrons. The molecule has 3 N–H and O–H groups in total. The average Bonchev–Trinajstić information content (AvgIpc) is 2.90. The van der Waals surface area contributed by atoms with Crippen LogP contribution >= 0.6 is 0 Å².